The highest BCUT2D eigenvalue weighted by atomic mass is 16.5. The van der Waals surface area contributed by atoms with Crippen molar-refractivity contribution in [3.8, 4) is 17.7 Å². The first-order valence-corrected chi connectivity index (χ1v) is 8.72. The Kier molecular flexibility index (Phi) is 5.41. The molecule has 2 heterocycles. The van der Waals surface area contributed by atoms with Gasteiger partial charge in [0.1, 0.15) is 11.9 Å². The number of carbonyl (C=O) groups is 2. The van der Waals surface area contributed by atoms with Gasteiger partial charge in [-0.15, -0.1) is 0 Å². The molecule has 0 unspecified atom stereocenters. The standard InChI is InChI=1S/C21H20N2O4/c1-14-6-3-7-15(2)16(14)11-12-20(24)27-19-10-4-9-18(22-19)23-13-5-8-17(23)21(25)26/h3-4,6-7,9-10,17H,5,8,13H2,1-2H3,(H,25,26)/t17-/m0/s1. The Morgan fingerprint density at radius 1 is 1.19 bits per heavy atom. The first-order chi connectivity index (χ1) is 13.0. The number of ether oxygens (including phenoxy) is 1. The number of hydrogen-bond donors (Lipinski definition) is 1. The van der Waals surface area contributed by atoms with Crippen LogP contribution in [-0.4, -0.2) is 34.6 Å². The third-order valence-corrected chi connectivity index (χ3v) is 4.51. The minimum atomic E-state index is -0.879. The average Bonchev–Trinajstić information content (AvgIpc) is 3.11. The van der Waals surface area contributed by atoms with Crippen molar-refractivity contribution in [2.45, 2.75) is 32.7 Å². The Morgan fingerprint density at radius 3 is 2.59 bits per heavy atom. The summed E-state index contributed by atoms with van der Waals surface area (Å²) in [5.41, 5.74) is 2.78. The smallest absolute Gasteiger partial charge is 0.391 e. The number of pyridine rings is 1. The number of esters is 1. The van der Waals surface area contributed by atoms with Crippen LogP contribution in [0, 0.1) is 25.7 Å². The lowest BCUT2D eigenvalue weighted by Gasteiger charge is -2.22. The van der Waals surface area contributed by atoms with Crippen molar-refractivity contribution in [2.75, 3.05) is 11.4 Å². The van der Waals surface area contributed by atoms with E-state index in [9.17, 15) is 14.7 Å². The maximum absolute atomic E-state index is 12.1. The van der Waals surface area contributed by atoms with Crippen molar-refractivity contribution in [3.05, 3.63) is 53.1 Å². The minimum absolute atomic E-state index is 0.101. The topological polar surface area (TPSA) is 79.7 Å². The number of aryl methyl sites for hydroxylation is 2. The number of aliphatic carboxylic acids is 1. The molecule has 1 aromatic heterocycles. The first kappa shape index (κ1) is 18.5. The van der Waals surface area contributed by atoms with E-state index < -0.39 is 18.0 Å². The van der Waals surface area contributed by atoms with Crippen molar-refractivity contribution in [3.63, 3.8) is 0 Å². The van der Waals surface area contributed by atoms with Crippen molar-refractivity contribution in [2.24, 2.45) is 0 Å². The molecule has 6 heteroatoms. The number of benzene rings is 1. The van der Waals surface area contributed by atoms with E-state index in [1.54, 1.807) is 23.1 Å². The second-order valence-corrected chi connectivity index (χ2v) is 6.43. The molecule has 0 bridgehead atoms. The van der Waals surface area contributed by atoms with E-state index in [2.05, 4.69) is 16.8 Å². The van der Waals surface area contributed by atoms with Crippen LogP contribution in [0.2, 0.25) is 0 Å². The zero-order valence-electron chi connectivity index (χ0n) is 15.2. The molecule has 6 nitrogen and oxygen atoms in total. The van der Waals surface area contributed by atoms with Gasteiger partial charge in [-0.2, -0.15) is 4.98 Å². The lowest BCUT2D eigenvalue weighted by atomic mass is 10.0. The van der Waals surface area contributed by atoms with Gasteiger partial charge >= 0.3 is 11.9 Å². The molecular weight excluding hydrogens is 344 g/mol. The van der Waals surface area contributed by atoms with Crippen molar-refractivity contribution < 1.29 is 19.4 Å². The van der Waals surface area contributed by atoms with Gasteiger partial charge in [-0.3, -0.25) is 0 Å². The van der Waals surface area contributed by atoms with Gasteiger partial charge in [0.2, 0.25) is 5.88 Å². The highest BCUT2D eigenvalue weighted by Crippen LogP contribution is 2.25. The summed E-state index contributed by atoms with van der Waals surface area (Å²) in [6.45, 7) is 4.47. The fraction of sp³-hybridized carbons (Fsp3) is 0.286. The van der Waals surface area contributed by atoms with Crippen molar-refractivity contribution >= 4 is 17.8 Å². The number of nitrogens with zero attached hydrogens (tertiary/aromatic N) is 2. The molecule has 0 spiro atoms. The molecule has 1 N–H and O–H groups in total. The van der Waals surface area contributed by atoms with Gasteiger partial charge in [-0.1, -0.05) is 30.2 Å². The monoisotopic (exact) mass is 364 g/mol. The highest BCUT2D eigenvalue weighted by Gasteiger charge is 2.31. The third-order valence-electron chi connectivity index (χ3n) is 4.51. The van der Waals surface area contributed by atoms with Crippen molar-refractivity contribution in [1.29, 1.82) is 0 Å². The largest absolute Gasteiger partial charge is 0.480 e. The minimum Gasteiger partial charge on any atom is -0.480 e. The fourth-order valence-electron chi connectivity index (χ4n) is 3.16. The molecular formula is C21H20N2O4. The van der Waals surface area contributed by atoms with Crippen LogP contribution in [0.5, 0.6) is 5.88 Å². The zero-order chi connectivity index (χ0) is 19.4. The second-order valence-electron chi connectivity index (χ2n) is 6.43. The predicted octanol–water partition coefficient (Wildman–Crippen LogP) is 2.71. The number of carboxylic acids is 1. The van der Waals surface area contributed by atoms with Gasteiger partial charge in [0.25, 0.3) is 0 Å². The van der Waals surface area contributed by atoms with Gasteiger partial charge in [0, 0.05) is 24.1 Å². The summed E-state index contributed by atoms with van der Waals surface area (Å²) < 4.78 is 5.21. The Bertz CT molecular complexity index is 922. The van der Waals surface area contributed by atoms with Crippen LogP contribution in [-0.2, 0) is 9.59 Å². The van der Waals surface area contributed by atoms with Crippen LogP contribution in [0.3, 0.4) is 0 Å². The molecule has 138 valence electrons. The van der Waals surface area contributed by atoms with Gasteiger partial charge in [-0.05, 0) is 43.9 Å². The molecule has 1 atom stereocenters. The van der Waals surface area contributed by atoms with Gasteiger partial charge in [-0.25, -0.2) is 9.59 Å². The van der Waals surface area contributed by atoms with Crippen LogP contribution in [0.1, 0.15) is 29.5 Å². The van der Waals surface area contributed by atoms with Gasteiger partial charge in [0.05, 0.1) is 0 Å². The molecule has 1 aliphatic rings. The number of rotatable bonds is 3. The van der Waals surface area contributed by atoms with E-state index in [4.69, 9.17) is 4.74 Å². The number of carbonyl (C=O) groups excluding carboxylic acids is 1. The lowest BCUT2D eigenvalue weighted by molar-refractivity contribution is -0.138. The Balaban J connectivity index is 1.74. The summed E-state index contributed by atoms with van der Waals surface area (Å²) in [5.74, 6) is 4.33. The van der Waals surface area contributed by atoms with Crippen LogP contribution in [0.25, 0.3) is 0 Å². The molecule has 3 rings (SSSR count). The van der Waals surface area contributed by atoms with Crippen LogP contribution < -0.4 is 9.64 Å². The van der Waals surface area contributed by atoms with Crippen LogP contribution in [0.4, 0.5) is 5.82 Å². The Labute approximate surface area is 157 Å². The maximum atomic E-state index is 12.1. The average molecular weight is 364 g/mol. The number of anilines is 1. The molecule has 2 aromatic rings. The van der Waals surface area contributed by atoms with E-state index in [1.807, 2.05) is 32.0 Å². The second kappa shape index (κ2) is 7.92. The molecule has 1 fully saturated rings. The van der Waals surface area contributed by atoms with E-state index >= 15 is 0 Å². The van der Waals surface area contributed by atoms with Gasteiger partial charge in [0.15, 0.2) is 0 Å². The SMILES string of the molecule is Cc1cccc(C)c1C#CC(=O)Oc1cccc(N2CCC[C@H]2C(=O)O)n1. The normalized spacial score (nSPS) is 15.8. The van der Waals surface area contributed by atoms with Crippen LogP contribution in [0.15, 0.2) is 36.4 Å². The highest BCUT2D eigenvalue weighted by molar-refractivity contribution is 5.90. The quantitative estimate of drug-likeness (QED) is 0.666. The van der Waals surface area contributed by atoms with Gasteiger partial charge < -0.3 is 14.7 Å². The zero-order valence-corrected chi connectivity index (χ0v) is 15.2. The lowest BCUT2D eigenvalue weighted by Crippen LogP contribution is -2.36. The summed E-state index contributed by atoms with van der Waals surface area (Å²) in [7, 11) is 0. The number of hydrogen-bond acceptors (Lipinski definition) is 5. The molecule has 1 aromatic carbocycles. The van der Waals surface area contributed by atoms with Crippen LogP contribution >= 0.6 is 0 Å². The van der Waals surface area contributed by atoms with E-state index in [0.717, 1.165) is 23.1 Å². The summed E-state index contributed by atoms with van der Waals surface area (Å²) in [6, 6.07) is 10.1. The Morgan fingerprint density at radius 2 is 1.89 bits per heavy atom. The Hall–Kier alpha value is -3.33. The molecule has 0 saturated carbocycles. The molecule has 1 saturated heterocycles. The summed E-state index contributed by atoms with van der Waals surface area (Å²) in [6.07, 6.45) is 1.35. The predicted molar refractivity (Wildman–Crippen MR) is 101 cm³/mol. The maximum Gasteiger partial charge on any atom is 0.391 e. The van der Waals surface area contributed by atoms with E-state index in [0.29, 0.717) is 18.8 Å². The third kappa shape index (κ3) is 4.26. The molecule has 0 amide bonds. The number of carboxylic acid groups (broad SMARTS) is 1. The summed E-state index contributed by atoms with van der Waals surface area (Å²) in [5, 5.41) is 9.31. The molecule has 27 heavy (non-hydrogen) atoms. The van der Waals surface area contributed by atoms with E-state index in [1.165, 1.54) is 0 Å². The first-order valence-electron chi connectivity index (χ1n) is 8.72. The molecule has 0 aliphatic carbocycles. The summed E-state index contributed by atoms with van der Waals surface area (Å²) in [4.78, 5) is 29.4. The molecule has 1 aliphatic heterocycles. The summed E-state index contributed by atoms with van der Waals surface area (Å²) >= 11 is 0. The molecule has 0 radical (unpaired) electrons. The number of aromatic nitrogens is 1. The fourth-order valence-corrected chi connectivity index (χ4v) is 3.16. The van der Waals surface area contributed by atoms with E-state index in [-0.39, 0.29) is 5.88 Å². The van der Waals surface area contributed by atoms with Crippen molar-refractivity contribution in [1.82, 2.24) is 4.98 Å².